The molecule has 0 spiro atoms. The molecule has 1 aliphatic carbocycles. The van der Waals surface area contributed by atoms with Gasteiger partial charge in [0.15, 0.2) is 0 Å². The molecule has 2 aromatic rings. The molecule has 3 nitrogen and oxygen atoms in total. The standard InChI is InChI=1S/C14H16N2O/c15-8-7-11-9-14(16-17-11)13-4-2-1-3-12(13)10-5-6-10/h1-4,9-10H,5-8,15H2. The van der Waals surface area contributed by atoms with E-state index in [1.54, 1.807) is 0 Å². The molecule has 0 aliphatic heterocycles. The van der Waals surface area contributed by atoms with Crippen LogP contribution in [0.2, 0.25) is 0 Å². The third-order valence-corrected chi connectivity index (χ3v) is 3.20. The molecular weight excluding hydrogens is 212 g/mol. The first kappa shape index (κ1) is 10.5. The first-order chi connectivity index (χ1) is 8.38. The Labute approximate surface area is 101 Å². The molecule has 0 bridgehead atoms. The van der Waals surface area contributed by atoms with E-state index >= 15 is 0 Å². The van der Waals surface area contributed by atoms with Gasteiger partial charge in [-0.2, -0.15) is 0 Å². The average molecular weight is 228 g/mol. The minimum Gasteiger partial charge on any atom is -0.361 e. The number of hydrogen-bond acceptors (Lipinski definition) is 3. The highest BCUT2D eigenvalue weighted by Crippen LogP contribution is 2.44. The van der Waals surface area contributed by atoms with Gasteiger partial charge in [0.1, 0.15) is 11.5 Å². The molecule has 1 aromatic carbocycles. The summed E-state index contributed by atoms with van der Waals surface area (Å²) in [5.41, 5.74) is 9.06. The van der Waals surface area contributed by atoms with E-state index in [0.29, 0.717) is 6.54 Å². The van der Waals surface area contributed by atoms with Gasteiger partial charge in [-0.1, -0.05) is 29.4 Å². The second-order valence-corrected chi connectivity index (χ2v) is 4.58. The first-order valence-corrected chi connectivity index (χ1v) is 6.13. The van der Waals surface area contributed by atoms with Crippen LogP contribution >= 0.6 is 0 Å². The second kappa shape index (κ2) is 4.34. The number of rotatable bonds is 4. The Morgan fingerprint density at radius 3 is 2.88 bits per heavy atom. The average Bonchev–Trinajstić information content (AvgIpc) is 3.10. The van der Waals surface area contributed by atoms with Gasteiger partial charge >= 0.3 is 0 Å². The van der Waals surface area contributed by atoms with Crippen molar-refractivity contribution >= 4 is 0 Å². The Kier molecular flexibility index (Phi) is 2.69. The number of nitrogens with zero attached hydrogens (tertiary/aromatic N) is 1. The van der Waals surface area contributed by atoms with E-state index < -0.39 is 0 Å². The zero-order valence-electron chi connectivity index (χ0n) is 9.73. The van der Waals surface area contributed by atoms with Gasteiger partial charge < -0.3 is 10.3 Å². The van der Waals surface area contributed by atoms with E-state index in [9.17, 15) is 0 Å². The van der Waals surface area contributed by atoms with Crippen molar-refractivity contribution in [3.8, 4) is 11.3 Å². The van der Waals surface area contributed by atoms with Gasteiger partial charge in [-0.3, -0.25) is 0 Å². The smallest absolute Gasteiger partial charge is 0.138 e. The highest BCUT2D eigenvalue weighted by Gasteiger charge is 2.26. The summed E-state index contributed by atoms with van der Waals surface area (Å²) in [6.07, 6.45) is 3.34. The second-order valence-electron chi connectivity index (χ2n) is 4.58. The number of nitrogens with two attached hydrogens (primary N) is 1. The molecule has 17 heavy (non-hydrogen) atoms. The predicted octanol–water partition coefficient (Wildman–Crippen LogP) is 2.72. The summed E-state index contributed by atoms with van der Waals surface area (Å²) in [6.45, 7) is 0.596. The largest absolute Gasteiger partial charge is 0.361 e. The molecule has 1 aromatic heterocycles. The fourth-order valence-corrected chi connectivity index (χ4v) is 2.18. The lowest BCUT2D eigenvalue weighted by molar-refractivity contribution is 0.386. The summed E-state index contributed by atoms with van der Waals surface area (Å²) in [4.78, 5) is 0. The van der Waals surface area contributed by atoms with Crippen LogP contribution in [0, 0.1) is 0 Å². The zero-order valence-corrected chi connectivity index (χ0v) is 9.73. The molecule has 2 N–H and O–H groups in total. The van der Waals surface area contributed by atoms with E-state index in [-0.39, 0.29) is 0 Å². The molecule has 0 radical (unpaired) electrons. The molecule has 1 saturated carbocycles. The topological polar surface area (TPSA) is 52.0 Å². The lowest BCUT2D eigenvalue weighted by atomic mass is 10.0. The van der Waals surface area contributed by atoms with Gasteiger partial charge in [-0.25, -0.2) is 0 Å². The summed E-state index contributed by atoms with van der Waals surface area (Å²) in [6, 6.07) is 10.5. The number of hydrogen-bond donors (Lipinski definition) is 1. The Morgan fingerprint density at radius 1 is 1.29 bits per heavy atom. The summed E-state index contributed by atoms with van der Waals surface area (Å²) >= 11 is 0. The van der Waals surface area contributed by atoms with Crippen LogP contribution in [-0.2, 0) is 6.42 Å². The normalized spacial score (nSPS) is 15.1. The van der Waals surface area contributed by atoms with Crippen LogP contribution in [0.5, 0.6) is 0 Å². The highest BCUT2D eigenvalue weighted by molar-refractivity contribution is 5.65. The molecule has 0 amide bonds. The van der Waals surface area contributed by atoms with E-state index in [0.717, 1.165) is 23.8 Å². The molecule has 88 valence electrons. The predicted molar refractivity (Wildman–Crippen MR) is 66.7 cm³/mol. The summed E-state index contributed by atoms with van der Waals surface area (Å²) in [7, 11) is 0. The maximum absolute atomic E-state index is 5.51. The zero-order chi connectivity index (χ0) is 11.7. The van der Waals surface area contributed by atoms with Crippen LogP contribution in [0.3, 0.4) is 0 Å². The highest BCUT2D eigenvalue weighted by atomic mass is 16.5. The third kappa shape index (κ3) is 2.11. The van der Waals surface area contributed by atoms with Crippen molar-refractivity contribution in [1.29, 1.82) is 0 Å². The monoisotopic (exact) mass is 228 g/mol. The van der Waals surface area contributed by atoms with Gasteiger partial charge in [0.25, 0.3) is 0 Å². The quantitative estimate of drug-likeness (QED) is 0.875. The summed E-state index contributed by atoms with van der Waals surface area (Å²) in [5.74, 6) is 1.59. The van der Waals surface area contributed by atoms with Crippen LogP contribution in [0.4, 0.5) is 0 Å². The van der Waals surface area contributed by atoms with Crippen LogP contribution in [-0.4, -0.2) is 11.7 Å². The van der Waals surface area contributed by atoms with E-state index in [4.69, 9.17) is 10.3 Å². The fraction of sp³-hybridized carbons (Fsp3) is 0.357. The third-order valence-electron chi connectivity index (χ3n) is 3.20. The minimum atomic E-state index is 0.596. The van der Waals surface area contributed by atoms with Gasteiger partial charge in [0, 0.05) is 18.1 Å². The molecule has 0 atom stereocenters. The molecule has 0 saturated heterocycles. The number of benzene rings is 1. The lowest BCUT2D eigenvalue weighted by Gasteiger charge is -2.04. The van der Waals surface area contributed by atoms with Crippen LogP contribution in [0.15, 0.2) is 34.9 Å². The molecule has 1 aliphatic rings. The van der Waals surface area contributed by atoms with Gasteiger partial charge in [-0.05, 0) is 30.9 Å². The molecule has 0 unspecified atom stereocenters. The van der Waals surface area contributed by atoms with E-state index in [1.165, 1.54) is 24.0 Å². The van der Waals surface area contributed by atoms with Gasteiger partial charge in [0.05, 0.1) is 0 Å². The molecule has 1 heterocycles. The van der Waals surface area contributed by atoms with Crippen molar-refractivity contribution in [3.63, 3.8) is 0 Å². The van der Waals surface area contributed by atoms with E-state index in [1.807, 2.05) is 6.07 Å². The SMILES string of the molecule is NCCc1cc(-c2ccccc2C2CC2)no1. The number of aromatic nitrogens is 1. The molecular formula is C14H16N2O. The maximum Gasteiger partial charge on any atom is 0.138 e. The van der Waals surface area contributed by atoms with E-state index in [2.05, 4.69) is 29.4 Å². The molecule has 1 fully saturated rings. The summed E-state index contributed by atoms with van der Waals surface area (Å²) < 4.78 is 5.28. The van der Waals surface area contributed by atoms with Crippen LogP contribution in [0.25, 0.3) is 11.3 Å². The van der Waals surface area contributed by atoms with Gasteiger partial charge in [-0.15, -0.1) is 0 Å². The molecule has 3 heteroatoms. The first-order valence-electron chi connectivity index (χ1n) is 6.13. The molecule has 3 rings (SSSR count). The van der Waals surface area contributed by atoms with Crippen molar-refractivity contribution in [2.24, 2.45) is 5.73 Å². The van der Waals surface area contributed by atoms with Crippen LogP contribution in [0.1, 0.15) is 30.1 Å². The fourth-order valence-electron chi connectivity index (χ4n) is 2.18. The van der Waals surface area contributed by atoms with Crippen molar-refractivity contribution in [1.82, 2.24) is 5.16 Å². The Bertz CT molecular complexity index is 514. The van der Waals surface area contributed by atoms with Crippen molar-refractivity contribution in [2.45, 2.75) is 25.2 Å². The maximum atomic E-state index is 5.51. The Balaban J connectivity index is 1.96. The van der Waals surface area contributed by atoms with Gasteiger partial charge in [0.2, 0.25) is 0 Å². The van der Waals surface area contributed by atoms with Crippen LogP contribution < -0.4 is 5.73 Å². The summed E-state index contributed by atoms with van der Waals surface area (Å²) in [5, 5.41) is 4.15. The van der Waals surface area contributed by atoms with Crippen molar-refractivity contribution in [3.05, 3.63) is 41.7 Å². The lowest BCUT2D eigenvalue weighted by Crippen LogP contribution is -2.01. The minimum absolute atomic E-state index is 0.596. The Morgan fingerprint density at radius 2 is 2.12 bits per heavy atom. The van der Waals surface area contributed by atoms with Crippen molar-refractivity contribution in [2.75, 3.05) is 6.54 Å². The van der Waals surface area contributed by atoms with Crippen molar-refractivity contribution < 1.29 is 4.52 Å². The Hall–Kier alpha value is -1.61.